The van der Waals surface area contributed by atoms with Crippen molar-refractivity contribution in [1.82, 2.24) is 0 Å². The van der Waals surface area contributed by atoms with Gasteiger partial charge in [0.1, 0.15) is 13.2 Å². The number of esters is 2. The van der Waals surface area contributed by atoms with Crippen molar-refractivity contribution in [2.24, 2.45) is 0 Å². The molecule has 0 spiro atoms. The summed E-state index contributed by atoms with van der Waals surface area (Å²) in [4.78, 5) is 36.5. The SMILES string of the molecule is CCC/C=C\CCCCCCCC(=O)OCC(COC(OCC[N+](C)(C)C)C(=O)[O-])OC(=O)CCCCCCC/C=C\CCC. The van der Waals surface area contributed by atoms with Gasteiger partial charge in [0.05, 0.1) is 40.3 Å². The van der Waals surface area contributed by atoms with Gasteiger partial charge in [-0.25, -0.2) is 0 Å². The van der Waals surface area contributed by atoms with E-state index in [4.69, 9.17) is 18.9 Å². The summed E-state index contributed by atoms with van der Waals surface area (Å²) in [5.74, 6) is -2.32. The summed E-state index contributed by atoms with van der Waals surface area (Å²) in [5.41, 5.74) is 0. The highest BCUT2D eigenvalue weighted by atomic mass is 16.7. The van der Waals surface area contributed by atoms with Gasteiger partial charge in [0.25, 0.3) is 0 Å². The highest BCUT2D eigenvalue weighted by Crippen LogP contribution is 2.12. The third kappa shape index (κ3) is 30.2. The highest BCUT2D eigenvalue weighted by Gasteiger charge is 2.21. The molecule has 0 aliphatic rings. The van der Waals surface area contributed by atoms with Crippen LogP contribution >= 0.6 is 0 Å². The zero-order chi connectivity index (χ0) is 33.6. The number of ether oxygens (including phenoxy) is 4. The first-order valence-electron chi connectivity index (χ1n) is 17.5. The van der Waals surface area contributed by atoms with E-state index < -0.39 is 24.3 Å². The summed E-state index contributed by atoms with van der Waals surface area (Å²) in [6, 6.07) is 0. The molecule has 0 N–H and O–H groups in total. The average molecular weight is 640 g/mol. The Morgan fingerprint density at radius 3 is 1.64 bits per heavy atom. The molecule has 0 radical (unpaired) electrons. The third-order valence-corrected chi connectivity index (χ3v) is 7.13. The molecule has 0 saturated heterocycles. The minimum absolute atomic E-state index is 0.145. The highest BCUT2D eigenvalue weighted by molar-refractivity contribution is 5.70. The molecule has 0 aliphatic heterocycles. The number of carboxylic acids is 1. The maximum atomic E-state index is 12.6. The lowest BCUT2D eigenvalue weighted by atomic mass is 10.1. The van der Waals surface area contributed by atoms with Crippen LogP contribution in [0.3, 0.4) is 0 Å². The Morgan fingerprint density at radius 2 is 1.13 bits per heavy atom. The van der Waals surface area contributed by atoms with Crippen molar-refractivity contribution in [3.05, 3.63) is 24.3 Å². The number of hydrogen-bond donors (Lipinski definition) is 0. The van der Waals surface area contributed by atoms with E-state index in [2.05, 4.69) is 38.2 Å². The van der Waals surface area contributed by atoms with Crippen molar-refractivity contribution < 1.29 is 42.9 Å². The van der Waals surface area contributed by atoms with Crippen LogP contribution in [0.5, 0.6) is 0 Å². The first-order chi connectivity index (χ1) is 21.6. The number of nitrogens with zero attached hydrogens (tertiary/aromatic N) is 1. The van der Waals surface area contributed by atoms with Crippen LogP contribution in [-0.4, -0.2) is 82.3 Å². The molecule has 2 unspecified atom stereocenters. The van der Waals surface area contributed by atoms with Crippen molar-refractivity contribution in [3.8, 4) is 0 Å². The number of carbonyl (C=O) groups excluding carboxylic acids is 3. The number of rotatable bonds is 31. The van der Waals surface area contributed by atoms with Gasteiger partial charge in [-0.1, -0.05) is 89.5 Å². The summed E-state index contributed by atoms with van der Waals surface area (Å²) in [5, 5.41) is 11.6. The minimum atomic E-state index is -1.62. The van der Waals surface area contributed by atoms with E-state index in [0.29, 0.717) is 17.4 Å². The molecule has 0 bridgehead atoms. The Labute approximate surface area is 274 Å². The normalized spacial score (nSPS) is 13.4. The molecule has 45 heavy (non-hydrogen) atoms. The van der Waals surface area contributed by atoms with Gasteiger partial charge >= 0.3 is 11.9 Å². The van der Waals surface area contributed by atoms with Crippen LogP contribution in [0, 0.1) is 0 Å². The van der Waals surface area contributed by atoms with Gasteiger partial charge in [0.2, 0.25) is 0 Å². The molecule has 9 heteroatoms. The van der Waals surface area contributed by atoms with Crippen molar-refractivity contribution in [2.45, 2.75) is 142 Å². The molecule has 9 nitrogen and oxygen atoms in total. The molecule has 0 aromatic heterocycles. The Morgan fingerprint density at radius 1 is 0.644 bits per heavy atom. The average Bonchev–Trinajstić information content (AvgIpc) is 2.98. The molecule has 0 aliphatic carbocycles. The molecular formula is C36H65NO8. The number of likely N-dealkylation sites (N-methyl/N-ethyl adjacent to an activating group) is 1. The predicted octanol–water partition coefficient (Wildman–Crippen LogP) is 6.43. The molecule has 0 aromatic carbocycles. The fourth-order valence-corrected chi connectivity index (χ4v) is 4.36. The maximum Gasteiger partial charge on any atom is 0.306 e. The lowest BCUT2D eigenvalue weighted by molar-refractivity contribution is -0.870. The van der Waals surface area contributed by atoms with E-state index in [1.807, 2.05) is 21.1 Å². The van der Waals surface area contributed by atoms with Crippen molar-refractivity contribution in [1.29, 1.82) is 0 Å². The summed E-state index contributed by atoms with van der Waals surface area (Å²) in [6.07, 6.45) is 23.7. The lowest BCUT2D eigenvalue weighted by Crippen LogP contribution is -2.44. The fourth-order valence-electron chi connectivity index (χ4n) is 4.36. The van der Waals surface area contributed by atoms with Crippen LogP contribution in [0.15, 0.2) is 24.3 Å². The zero-order valence-corrected chi connectivity index (χ0v) is 29.2. The zero-order valence-electron chi connectivity index (χ0n) is 29.2. The number of hydrogen-bond acceptors (Lipinski definition) is 8. The molecule has 0 aromatic rings. The summed E-state index contributed by atoms with van der Waals surface area (Å²) < 4.78 is 22.3. The van der Waals surface area contributed by atoms with Crippen molar-refractivity contribution in [3.63, 3.8) is 0 Å². The second kappa shape index (κ2) is 29.2. The number of carboxylic acid groups (broad SMARTS) is 1. The molecular weight excluding hydrogens is 574 g/mol. The molecule has 0 rings (SSSR count). The fraction of sp³-hybridized carbons (Fsp3) is 0.806. The van der Waals surface area contributed by atoms with Crippen LogP contribution in [-0.2, 0) is 33.3 Å². The molecule has 0 fully saturated rings. The second-order valence-corrected chi connectivity index (χ2v) is 12.8. The molecule has 262 valence electrons. The Bertz CT molecular complexity index is 805. The van der Waals surface area contributed by atoms with E-state index in [9.17, 15) is 19.5 Å². The summed E-state index contributed by atoms with van der Waals surface area (Å²) in [6.45, 7) is 4.55. The van der Waals surface area contributed by atoms with Crippen LogP contribution in [0.1, 0.15) is 129 Å². The van der Waals surface area contributed by atoms with Gasteiger partial charge in [-0.05, 0) is 51.4 Å². The summed E-state index contributed by atoms with van der Waals surface area (Å²) in [7, 11) is 5.88. The van der Waals surface area contributed by atoms with Gasteiger partial charge in [-0.2, -0.15) is 0 Å². The molecule has 0 saturated carbocycles. The van der Waals surface area contributed by atoms with Crippen molar-refractivity contribution >= 4 is 17.9 Å². The van der Waals surface area contributed by atoms with Crippen LogP contribution < -0.4 is 5.11 Å². The summed E-state index contributed by atoms with van der Waals surface area (Å²) >= 11 is 0. The number of aliphatic carboxylic acids is 1. The van der Waals surface area contributed by atoms with E-state index in [0.717, 1.165) is 83.5 Å². The standard InChI is InChI=1S/C36H65NO8/c1-6-8-10-12-14-16-18-20-22-24-26-33(38)43-30-32(31-44-36(35(40)41)42-29-28-37(3,4)5)45-34(39)27-25-23-21-19-17-15-13-11-9-7-2/h10-13,32,36H,6-9,14-31H2,1-5H3/b12-10-,13-11-. The second-order valence-electron chi connectivity index (χ2n) is 12.8. The van der Waals surface area contributed by atoms with Gasteiger partial charge in [-0.3, -0.25) is 9.59 Å². The molecule has 2 atom stereocenters. The van der Waals surface area contributed by atoms with E-state index in [-0.39, 0.29) is 38.6 Å². The molecule has 0 amide bonds. The number of allylic oxidation sites excluding steroid dienone is 4. The molecule has 0 heterocycles. The first kappa shape index (κ1) is 42.8. The van der Waals surface area contributed by atoms with Crippen LogP contribution in [0.4, 0.5) is 0 Å². The van der Waals surface area contributed by atoms with Crippen molar-refractivity contribution in [2.75, 3.05) is 47.5 Å². The monoisotopic (exact) mass is 639 g/mol. The Balaban J connectivity index is 4.63. The first-order valence-corrected chi connectivity index (χ1v) is 17.5. The van der Waals surface area contributed by atoms with E-state index in [1.54, 1.807) is 0 Å². The lowest BCUT2D eigenvalue weighted by Gasteiger charge is -2.26. The number of unbranched alkanes of at least 4 members (excludes halogenated alkanes) is 12. The number of carbonyl (C=O) groups is 3. The van der Waals surface area contributed by atoms with Gasteiger partial charge in [0, 0.05) is 12.8 Å². The topological polar surface area (TPSA) is 111 Å². The van der Waals surface area contributed by atoms with Crippen LogP contribution in [0.2, 0.25) is 0 Å². The van der Waals surface area contributed by atoms with E-state index >= 15 is 0 Å². The van der Waals surface area contributed by atoms with Gasteiger partial charge < -0.3 is 33.3 Å². The largest absolute Gasteiger partial charge is 0.545 e. The smallest absolute Gasteiger partial charge is 0.306 e. The van der Waals surface area contributed by atoms with Crippen LogP contribution in [0.25, 0.3) is 0 Å². The van der Waals surface area contributed by atoms with Gasteiger partial charge in [-0.15, -0.1) is 0 Å². The number of quaternary nitrogens is 1. The third-order valence-electron chi connectivity index (χ3n) is 7.13. The van der Waals surface area contributed by atoms with Gasteiger partial charge in [0.15, 0.2) is 12.4 Å². The Hall–Kier alpha value is -2.23. The predicted molar refractivity (Wildman–Crippen MR) is 177 cm³/mol. The minimum Gasteiger partial charge on any atom is -0.545 e. The van der Waals surface area contributed by atoms with E-state index in [1.165, 1.54) is 12.8 Å². The Kier molecular flexibility index (Phi) is 27.7. The quantitative estimate of drug-likeness (QED) is 0.0281. The maximum absolute atomic E-state index is 12.6.